The molecule has 3 nitrogen and oxygen atoms in total. The highest BCUT2D eigenvalue weighted by Gasteiger charge is 2.13. The third kappa shape index (κ3) is 3.54. The van der Waals surface area contributed by atoms with Gasteiger partial charge in [-0.3, -0.25) is 0 Å². The standard InChI is InChI=1S/C12H20N2OS/c13-10-11-4-6-12(7-5-11)15-16-14-8-2-1-3-9-14/h4,6H,1-3,5,7-10,13H2. The normalized spacial score (nSPS) is 22.6. The molecule has 0 bridgehead atoms. The second-order valence-electron chi connectivity index (χ2n) is 4.31. The summed E-state index contributed by atoms with van der Waals surface area (Å²) in [6.45, 7) is 2.98. The second kappa shape index (κ2) is 6.33. The molecule has 0 aromatic rings. The van der Waals surface area contributed by atoms with Crippen LogP contribution in [0.3, 0.4) is 0 Å². The second-order valence-corrected chi connectivity index (χ2v) is 5.14. The van der Waals surface area contributed by atoms with Crippen LogP contribution in [0.2, 0.25) is 0 Å². The van der Waals surface area contributed by atoms with Gasteiger partial charge in [-0.2, -0.15) is 0 Å². The monoisotopic (exact) mass is 240 g/mol. The fourth-order valence-corrected chi connectivity index (χ4v) is 2.69. The Bertz CT molecular complexity index is 283. The van der Waals surface area contributed by atoms with E-state index in [0.717, 1.165) is 31.7 Å². The Kier molecular flexibility index (Phi) is 4.75. The van der Waals surface area contributed by atoms with Crippen LogP contribution in [0.1, 0.15) is 32.1 Å². The van der Waals surface area contributed by atoms with Crippen molar-refractivity contribution in [1.29, 1.82) is 0 Å². The Hall–Kier alpha value is -0.450. The largest absolute Gasteiger partial charge is 0.414 e. The van der Waals surface area contributed by atoms with E-state index in [1.165, 1.54) is 37.1 Å². The zero-order valence-electron chi connectivity index (χ0n) is 9.65. The van der Waals surface area contributed by atoms with Crippen molar-refractivity contribution in [3.8, 4) is 0 Å². The summed E-state index contributed by atoms with van der Waals surface area (Å²) in [5.74, 6) is 1.08. The van der Waals surface area contributed by atoms with Crippen LogP contribution in [-0.2, 0) is 4.18 Å². The maximum absolute atomic E-state index is 5.73. The SMILES string of the molecule is NCC1=CC=C(OSN2CCCCC2)CC1. The van der Waals surface area contributed by atoms with Crippen molar-refractivity contribution in [2.45, 2.75) is 32.1 Å². The summed E-state index contributed by atoms with van der Waals surface area (Å²) in [7, 11) is 0. The van der Waals surface area contributed by atoms with Crippen LogP contribution in [0.15, 0.2) is 23.5 Å². The number of nitrogens with zero attached hydrogens (tertiary/aromatic N) is 1. The van der Waals surface area contributed by atoms with Crippen LogP contribution in [0.4, 0.5) is 0 Å². The molecule has 0 unspecified atom stereocenters. The van der Waals surface area contributed by atoms with Gasteiger partial charge in [0.1, 0.15) is 18.0 Å². The summed E-state index contributed by atoms with van der Waals surface area (Å²) in [5.41, 5.74) is 6.90. The molecule has 4 heteroatoms. The molecule has 1 aliphatic carbocycles. The topological polar surface area (TPSA) is 38.5 Å². The van der Waals surface area contributed by atoms with Crippen LogP contribution in [0.5, 0.6) is 0 Å². The molecule has 1 saturated heterocycles. The Balaban J connectivity index is 1.73. The van der Waals surface area contributed by atoms with Crippen LogP contribution < -0.4 is 5.73 Å². The number of rotatable bonds is 4. The number of piperidine rings is 1. The molecule has 0 atom stereocenters. The molecular weight excluding hydrogens is 220 g/mol. The first-order valence-corrected chi connectivity index (χ1v) is 6.76. The van der Waals surface area contributed by atoms with Crippen molar-refractivity contribution in [2.75, 3.05) is 19.6 Å². The summed E-state index contributed by atoms with van der Waals surface area (Å²) < 4.78 is 8.05. The Morgan fingerprint density at radius 1 is 1.19 bits per heavy atom. The lowest BCUT2D eigenvalue weighted by molar-refractivity contribution is 0.344. The smallest absolute Gasteiger partial charge is 0.146 e. The summed E-state index contributed by atoms with van der Waals surface area (Å²) >= 11 is 1.52. The van der Waals surface area contributed by atoms with Gasteiger partial charge in [0.15, 0.2) is 0 Å². The van der Waals surface area contributed by atoms with E-state index < -0.39 is 0 Å². The lowest BCUT2D eigenvalue weighted by Crippen LogP contribution is -2.23. The van der Waals surface area contributed by atoms with Gasteiger partial charge in [0, 0.05) is 26.1 Å². The van der Waals surface area contributed by atoms with Crippen LogP contribution in [0, 0.1) is 0 Å². The van der Waals surface area contributed by atoms with E-state index in [1.54, 1.807) is 0 Å². The molecule has 16 heavy (non-hydrogen) atoms. The molecule has 1 aliphatic heterocycles. The van der Waals surface area contributed by atoms with Gasteiger partial charge in [-0.15, -0.1) is 0 Å². The van der Waals surface area contributed by atoms with Crippen molar-refractivity contribution in [1.82, 2.24) is 4.31 Å². The molecule has 2 aliphatic rings. The Morgan fingerprint density at radius 3 is 2.62 bits per heavy atom. The highest BCUT2D eigenvalue weighted by Crippen LogP contribution is 2.26. The number of hydrogen-bond acceptors (Lipinski definition) is 4. The van der Waals surface area contributed by atoms with Crippen LogP contribution in [0.25, 0.3) is 0 Å². The van der Waals surface area contributed by atoms with E-state index in [2.05, 4.69) is 16.5 Å². The molecule has 1 fully saturated rings. The minimum atomic E-state index is 0.670. The zero-order chi connectivity index (χ0) is 11.2. The number of nitrogens with two attached hydrogens (primary N) is 1. The lowest BCUT2D eigenvalue weighted by atomic mass is 10.0. The quantitative estimate of drug-likeness (QED) is 0.605. The molecule has 1 heterocycles. The predicted molar refractivity (Wildman–Crippen MR) is 68.6 cm³/mol. The third-order valence-electron chi connectivity index (χ3n) is 3.02. The van der Waals surface area contributed by atoms with E-state index in [9.17, 15) is 0 Å². The first-order chi connectivity index (χ1) is 7.88. The average molecular weight is 240 g/mol. The van der Waals surface area contributed by atoms with E-state index >= 15 is 0 Å². The highest BCUT2D eigenvalue weighted by molar-refractivity contribution is 7.92. The molecule has 0 radical (unpaired) electrons. The van der Waals surface area contributed by atoms with Gasteiger partial charge in [-0.1, -0.05) is 18.1 Å². The molecule has 2 rings (SSSR count). The number of allylic oxidation sites excluding steroid dienone is 3. The van der Waals surface area contributed by atoms with Crippen LogP contribution >= 0.6 is 12.2 Å². The minimum absolute atomic E-state index is 0.670. The van der Waals surface area contributed by atoms with Gasteiger partial charge in [0.25, 0.3) is 0 Å². The van der Waals surface area contributed by atoms with E-state index in [4.69, 9.17) is 9.92 Å². The molecule has 0 amide bonds. The first-order valence-electron chi connectivity index (χ1n) is 6.07. The zero-order valence-corrected chi connectivity index (χ0v) is 10.5. The average Bonchev–Trinajstić information content (AvgIpc) is 2.38. The Morgan fingerprint density at radius 2 is 2.00 bits per heavy atom. The molecular formula is C12H20N2OS. The summed E-state index contributed by atoms with van der Waals surface area (Å²) in [6, 6.07) is 0. The molecule has 0 spiro atoms. The molecule has 0 aromatic heterocycles. The fraction of sp³-hybridized carbons (Fsp3) is 0.667. The summed E-state index contributed by atoms with van der Waals surface area (Å²) in [4.78, 5) is 0. The lowest BCUT2D eigenvalue weighted by Gasteiger charge is -2.24. The van der Waals surface area contributed by atoms with Crippen LogP contribution in [-0.4, -0.2) is 23.9 Å². The maximum Gasteiger partial charge on any atom is 0.146 e. The Labute approximate surface area is 102 Å². The number of hydrogen-bond donors (Lipinski definition) is 1. The molecule has 0 aromatic carbocycles. The van der Waals surface area contributed by atoms with E-state index in [1.807, 2.05) is 0 Å². The van der Waals surface area contributed by atoms with Crippen molar-refractivity contribution in [3.63, 3.8) is 0 Å². The predicted octanol–water partition coefficient (Wildman–Crippen LogP) is 2.61. The van der Waals surface area contributed by atoms with Crippen molar-refractivity contribution < 1.29 is 4.18 Å². The minimum Gasteiger partial charge on any atom is -0.414 e. The van der Waals surface area contributed by atoms with Crippen molar-refractivity contribution >= 4 is 12.2 Å². The van der Waals surface area contributed by atoms with Gasteiger partial charge in [-0.05, 0) is 25.3 Å². The summed E-state index contributed by atoms with van der Waals surface area (Å²) in [5, 5.41) is 0. The molecule has 2 N–H and O–H groups in total. The van der Waals surface area contributed by atoms with Crippen molar-refractivity contribution in [3.05, 3.63) is 23.5 Å². The first kappa shape index (κ1) is 12.0. The fourth-order valence-electron chi connectivity index (χ4n) is 1.94. The molecule has 90 valence electrons. The van der Waals surface area contributed by atoms with E-state index in [0.29, 0.717) is 6.54 Å². The summed E-state index contributed by atoms with van der Waals surface area (Å²) in [6.07, 6.45) is 10.1. The van der Waals surface area contributed by atoms with Gasteiger partial charge in [0.2, 0.25) is 0 Å². The van der Waals surface area contributed by atoms with Crippen molar-refractivity contribution in [2.24, 2.45) is 5.73 Å². The maximum atomic E-state index is 5.73. The van der Waals surface area contributed by atoms with Gasteiger partial charge in [-0.25, -0.2) is 4.31 Å². The highest BCUT2D eigenvalue weighted by atomic mass is 32.2. The van der Waals surface area contributed by atoms with Gasteiger partial charge in [0.05, 0.1) is 0 Å². The van der Waals surface area contributed by atoms with Gasteiger partial charge < -0.3 is 9.92 Å². The van der Waals surface area contributed by atoms with E-state index in [-0.39, 0.29) is 0 Å². The molecule has 0 saturated carbocycles. The van der Waals surface area contributed by atoms with Gasteiger partial charge >= 0.3 is 0 Å². The third-order valence-corrected chi connectivity index (χ3v) is 3.89.